The zero-order valence-electron chi connectivity index (χ0n) is 10.9. The maximum absolute atomic E-state index is 5.73. The Morgan fingerprint density at radius 3 is 3.00 bits per heavy atom. The number of hydrogen-bond acceptors (Lipinski definition) is 4. The average molecular weight is 317 g/mol. The van der Waals surface area contributed by atoms with Crippen LogP contribution in [0.15, 0.2) is 10.7 Å². The number of ether oxygens (including phenoxy) is 1. The molecule has 18 heavy (non-hydrogen) atoms. The Bertz CT molecular complexity index is 387. The molecule has 0 spiro atoms. The highest BCUT2D eigenvalue weighted by Crippen LogP contribution is 2.31. The molecule has 6 heteroatoms. The second-order valence-corrected chi connectivity index (χ2v) is 5.95. The van der Waals surface area contributed by atoms with Crippen LogP contribution in [0.3, 0.4) is 0 Å². The maximum Gasteiger partial charge on any atom is 0.0712 e. The standard InChI is InChI=1S/C12H21BrN4O/c1-8(2)17-12(10(13)6-15-17)11(16-14)5-9-3-4-18-7-9/h6,8-9,11,16H,3-5,7,14H2,1-2H3. The number of halogens is 1. The molecule has 0 radical (unpaired) electrons. The van der Waals surface area contributed by atoms with E-state index in [0.717, 1.165) is 36.2 Å². The molecule has 1 fully saturated rings. The van der Waals surface area contributed by atoms with Gasteiger partial charge in [0, 0.05) is 19.3 Å². The summed E-state index contributed by atoms with van der Waals surface area (Å²) >= 11 is 3.57. The summed E-state index contributed by atoms with van der Waals surface area (Å²) < 4.78 is 8.46. The lowest BCUT2D eigenvalue weighted by Crippen LogP contribution is -2.32. The van der Waals surface area contributed by atoms with Crippen LogP contribution in [0.25, 0.3) is 0 Å². The number of nitrogens with two attached hydrogens (primary N) is 1. The van der Waals surface area contributed by atoms with Gasteiger partial charge in [-0.25, -0.2) is 0 Å². The van der Waals surface area contributed by atoms with Crippen LogP contribution in [0, 0.1) is 5.92 Å². The van der Waals surface area contributed by atoms with Crippen molar-refractivity contribution in [2.24, 2.45) is 11.8 Å². The SMILES string of the molecule is CC(C)n1ncc(Br)c1C(CC1CCOC1)NN. The van der Waals surface area contributed by atoms with Crippen molar-refractivity contribution >= 4 is 15.9 Å². The van der Waals surface area contributed by atoms with E-state index in [1.54, 1.807) is 0 Å². The molecule has 1 saturated heterocycles. The van der Waals surface area contributed by atoms with E-state index < -0.39 is 0 Å². The number of nitrogens with zero attached hydrogens (tertiary/aromatic N) is 2. The first-order valence-electron chi connectivity index (χ1n) is 6.40. The van der Waals surface area contributed by atoms with Crippen molar-refractivity contribution in [1.82, 2.24) is 15.2 Å². The van der Waals surface area contributed by atoms with Gasteiger partial charge in [-0.05, 0) is 48.5 Å². The third-order valence-corrected chi connectivity index (χ3v) is 4.01. The molecule has 1 aliphatic heterocycles. The Kier molecular flexibility index (Phi) is 4.77. The van der Waals surface area contributed by atoms with Gasteiger partial charge in [0.1, 0.15) is 0 Å². The van der Waals surface area contributed by atoms with E-state index in [2.05, 4.69) is 40.3 Å². The van der Waals surface area contributed by atoms with Gasteiger partial charge in [0.2, 0.25) is 0 Å². The van der Waals surface area contributed by atoms with Crippen LogP contribution >= 0.6 is 15.9 Å². The van der Waals surface area contributed by atoms with Crippen LogP contribution in [-0.4, -0.2) is 23.0 Å². The van der Waals surface area contributed by atoms with Crippen molar-refractivity contribution in [3.63, 3.8) is 0 Å². The highest BCUT2D eigenvalue weighted by Gasteiger charge is 2.26. The number of aromatic nitrogens is 2. The van der Waals surface area contributed by atoms with Gasteiger partial charge in [0.15, 0.2) is 0 Å². The highest BCUT2D eigenvalue weighted by molar-refractivity contribution is 9.10. The zero-order chi connectivity index (χ0) is 13.1. The fraction of sp³-hybridized carbons (Fsp3) is 0.750. The minimum atomic E-state index is 0.107. The Labute approximate surface area is 116 Å². The molecule has 2 heterocycles. The monoisotopic (exact) mass is 316 g/mol. The van der Waals surface area contributed by atoms with Gasteiger partial charge in [-0.1, -0.05) is 0 Å². The Balaban J connectivity index is 2.17. The lowest BCUT2D eigenvalue weighted by Gasteiger charge is -2.22. The molecule has 0 aliphatic carbocycles. The van der Waals surface area contributed by atoms with Gasteiger partial charge in [0.05, 0.1) is 22.4 Å². The first kappa shape index (κ1) is 14.0. The van der Waals surface area contributed by atoms with E-state index in [1.165, 1.54) is 0 Å². The van der Waals surface area contributed by atoms with Gasteiger partial charge >= 0.3 is 0 Å². The Morgan fingerprint density at radius 1 is 1.67 bits per heavy atom. The molecule has 1 aromatic heterocycles. The van der Waals surface area contributed by atoms with Crippen molar-refractivity contribution in [2.45, 2.75) is 38.8 Å². The zero-order valence-corrected chi connectivity index (χ0v) is 12.5. The molecule has 2 rings (SSSR count). The molecule has 0 saturated carbocycles. The summed E-state index contributed by atoms with van der Waals surface area (Å²) in [5.74, 6) is 6.30. The highest BCUT2D eigenvalue weighted by atomic mass is 79.9. The number of nitrogens with one attached hydrogen (secondary N) is 1. The second-order valence-electron chi connectivity index (χ2n) is 5.10. The van der Waals surface area contributed by atoms with Crippen LogP contribution in [0.2, 0.25) is 0 Å². The lowest BCUT2D eigenvalue weighted by molar-refractivity contribution is 0.181. The average Bonchev–Trinajstić information content (AvgIpc) is 2.95. The molecule has 1 aromatic rings. The molecule has 0 aromatic carbocycles. The van der Waals surface area contributed by atoms with E-state index in [9.17, 15) is 0 Å². The molecule has 2 atom stereocenters. The summed E-state index contributed by atoms with van der Waals surface area (Å²) in [6.07, 6.45) is 3.93. The van der Waals surface area contributed by atoms with Gasteiger partial charge in [-0.2, -0.15) is 5.10 Å². The van der Waals surface area contributed by atoms with Crippen molar-refractivity contribution in [1.29, 1.82) is 0 Å². The fourth-order valence-electron chi connectivity index (χ4n) is 2.45. The van der Waals surface area contributed by atoms with Gasteiger partial charge in [-0.15, -0.1) is 0 Å². The molecule has 5 nitrogen and oxygen atoms in total. The van der Waals surface area contributed by atoms with Gasteiger partial charge in [0.25, 0.3) is 0 Å². The van der Waals surface area contributed by atoms with Gasteiger partial charge < -0.3 is 4.74 Å². The predicted molar refractivity (Wildman–Crippen MR) is 73.9 cm³/mol. The van der Waals surface area contributed by atoms with Crippen LogP contribution in [0.1, 0.15) is 44.5 Å². The smallest absolute Gasteiger partial charge is 0.0712 e. The molecule has 0 bridgehead atoms. The largest absolute Gasteiger partial charge is 0.381 e. The van der Waals surface area contributed by atoms with E-state index in [-0.39, 0.29) is 6.04 Å². The summed E-state index contributed by atoms with van der Waals surface area (Å²) in [7, 11) is 0. The van der Waals surface area contributed by atoms with Crippen LogP contribution in [0.5, 0.6) is 0 Å². The van der Waals surface area contributed by atoms with Gasteiger partial charge in [-0.3, -0.25) is 16.0 Å². The van der Waals surface area contributed by atoms with E-state index in [1.807, 2.05) is 10.9 Å². The van der Waals surface area contributed by atoms with Crippen LogP contribution in [0.4, 0.5) is 0 Å². The molecule has 102 valence electrons. The van der Waals surface area contributed by atoms with Crippen molar-refractivity contribution in [2.75, 3.05) is 13.2 Å². The van der Waals surface area contributed by atoms with Crippen molar-refractivity contribution in [3.8, 4) is 0 Å². The number of rotatable bonds is 5. The Hall–Kier alpha value is -0.430. The minimum Gasteiger partial charge on any atom is -0.381 e. The number of hydrazine groups is 1. The third-order valence-electron chi connectivity index (χ3n) is 3.40. The first-order chi connectivity index (χ1) is 8.63. The van der Waals surface area contributed by atoms with Crippen LogP contribution in [-0.2, 0) is 4.74 Å². The molecular formula is C12H21BrN4O. The predicted octanol–water partition coefficient (Wildman–Crippen LogP) is 2.16. The lowest BCUT2D eigenvalue weighted by atomic mass is 9.97. The number of hydrogen-bond donors (Lipinski definition) is 2. The molecule has 1 aliphatic rings. The Morgan fingerprint density at radius 2 is 2.44 bits per heavy atom. The molecule has 2 unspecified atom stereocenters. The summed E-state index contributed by atoms with van der Waals surface area (Å²) in [6.45, 7) is 5.95. The van der Waals surface area contributed by atoms with Crippen LogP contribution < -0.4 is 11.3 Å². The fourth-order valence-corrected chi connectivity index (χ4v) is 3.00. The quantitative estimate of drug-likeness (QED) is 0.645. The maximum atomic E-state index is 5.73. The summed E-state index contributed by atoms with van der Waals surface area (Å²) in [4.78, 5) is 0. The summed E-state index contributed by atoms with van der Waals surface area (Å²) in [5, 5.41) is 4.40. The minimum absolute atomic E-state index is 0.107. The van der Waals surface area contributed by atoms with E-state index in [4.69, 9.17) is 10.6 Å². The molecule has 3 N–H and O–H groups in total. The normalized spacial score (nSPS) is 21.7. The van der Waals surface area contributed by atoms with Crippen molar-refractivity contribution in [3.05, 3.63) is 16.4 Å². The topological polar surface area (TPSA) is 65.1 Å². The van der Waals surface area contributed by atoms with E-state index >= 15 is 0 Å². The summed E-state index contributed by atoms with van der Waals surface area (Å²) in [5.41, 5.74) is 4.05. The first-order valence-corrected chi connectivity index (χ1v) is 7.19. The third kappa shape index (κ3) is 2.93. The molecule has 0 amide bonds. The van der Waals surface area contributed by atoms with Crippen molar-refractivity contribution < 1.29 is 4.74 Å². The second kappa shape index (κ2) is 6.14. The summed E-state index contributed by atoms with van der Waals surface area (Å²) in [6, 6.07) is 0.429. The molecular weight excluding hydrogens is 296 g/mol. The van der Waals surface area contributed by atoms with E-state index in [0.29, 0.717) is 12.0 Å².